The fourth-order valence-corrected chi connectivity index (χ4v) is 5.73. The monoisotopic (exact) mass is 507 g/mol. The molecule has 188 valence electrons. The van der Waals surface area contributed by atoms with Gasteiger partial charge < -0.3 is 24.1 Å². The number of aromatic nitrogens is 1. The number of fused-ring (bicyclic) bond motifs is 2. The van der Waals surface area contributed by atoms with Gasteiger partial charge in [0.15, 0.2) is 0 Å². The molecule has 8 nitrogen and oxygen atoms in total. The van der Waals surface area contributed by atoms with Crippen molar-refractivity contribution in [1.82, 2.24) is 15.2 Å². The van der Waals surface area contributed by atoms with Crippen LogP contribution in [-0.4, -0.2) is 54.5 Å². The van der Waals surface area contributed by atoms with Gasteiger partial charge in [-0.25, -0.2) is 0 Å². The molecule has 0 bridgehead atoms. The van der Waals surface area contributed by atoms with Crippen LogP contribution in [0.1, 0.15) is 52.0 Å². The predicted octanol–water partition coefficient (Wildman–Crippen LogP) is 5.53. The maximum atomic E-state index is 13.2. The number of benzene rings is 1. The number of hydrogen-bond acceptors (Lipinski definition) is 7. The van der Waals surface area contributed by atoms with Crippen LogP contribution in [0.25, 0.3) is 21.2 Å². The Balaban J connectivity index is 1.41. The second kappa shape index (κ2) is 10.3. The molecule has 1 atom stereocenters. The molecule has 1 fully saturated rings. The molecule has 1 aromatic carbocycles. The molecule has 5 rings (SSSR count). The molecule has 4 heterocycles. The lowest BCUT2D eigenvalue weighted by molar-refractivity contribution is 0.0635. The van der Waals surface area contributed by atoms with Crippen molar-refractivity contribution in [1.29, 1.82) is 0 Å². The maximum Gasteiger partial charge on any atom is 0.264 e. The van der Waals surface area contributed by atoms with Crippen LogP contribution in [0.3, 0.4) is 0 Å². The van der Waals surface area contributed by atoms with Gasteiger partial charge in [-0.2, -0.15) is 0 Å². The van der Waals surface area contributed by atoms with Gasteiger partial charge in [0.1, 0.15) is 22.8 Å². The lowest BCUT2D eigenvalue weighted by atomic mass is 10.1. The minimum Gasteiger partial charge on any atom is -0.460 e. The maximum absolute atomic E-state index is 13.2. The van der Waals surface area contributed by atoms with Crippen LogP contribution < -0.4 is 10.1 Å². The highest BCUT2D eigenvalue weighted by atomic mass is 32.1. The first-order valence-corrected chi connectivity index (χ1v) is 13.0. The number of carbonyl (C=O) groups is 2. The van der Waals surface area contributed by atoms with Crippen molar-refractivity contribution in [2.75, 3.05) is 26.8 Å². The summed E-state index contributed by atoms with van der Waals surface area (Å²) in [5.41, 5.74) is 1.84. The number of pyridine rings is 1. The molecule has 1 saturated heterocycles. The third kappa shape index (κ3) is 4.56. The third-order valence-corrected chi connectivity index (χ3v) is 7.54. The molecule has 0 aliphatic carbocycles. The molecule has 1 N–H and O–H groups in total. The number of aryl methyl sites for hydroxylation is 1. The number of ether oxygens (including phenoxy) is 2. The lowest BCUT2D eigenvalue weighted by Crippen LogP contribution is -2.37. The first kappa shape index (κ1) is 24.3. The van der Waals surface area contributed by atoms with E-state index in [0.717, 1.165) is 35.9 Å². The van der Waals surface area contributed by atoms with Crippen molar-refractivity contribution in [3.63, 3.8) is 0 Å². The Hall–Kier alpha value is -3.43. The van der Waals surface area contributed by atoms with Crippen molar-refractivity contribution >= 4 is 44.3 Å². The average Bonchev–Trinajstić information content (AvgIpc) is 3.59. The van der Waals surface area contributed by atoms with Crippen LogP contribution in [0.15, 0.2) is 40.9 Å². The Labute approximate surface area is 213 Å². The van der Waals surface area contributed by atoms with E-state index in [1.807, 2.05) is 30.0 Å². The van der Waals surface area contributed by atoms with E-state index in [4.69, 9.17) is 13.9 Å². The number of hydrogen-bond donors (Lipinski definition) is 1. The first-order chi connectivity index (χ1) is 17.5. The number of thiophene rings is 1. The summed E-state index contributed by atoms with van der Waals surface area (Å²) in [4.78, 5) is 32.8. The van der Waals surface area contributed by atoms with Crippen molar-refractivity contribution in [3.8, 4) is 11.5 Å². The molecule has 3 aromatic heterocycles. The van der Waals surface area contributed by atoms with Gasteiger partial charge in [0.25, 0.3) is 11.8 Å². The summed E-state index contributed by atoms with van der Waals surface area (Å²) in [6.07, 6.45) is 4.47. The van der Waals surface area contributed by atoms with Gasteiger partial charge in [0.05, 0.1) is 33.3 Å². The molecule has 4 aromatic rings. The second-order valence-electron chi connectivity index (χ2n) is 8.93. The Morgan fingerprint density at radius 2 is 2.14 bits per heavy atom. The highest BCUT2D eigenvalue weighted by molar-refractivity contribution is 7.21. The number of nitrogens with zero attached hydrogens (tertiary/aromatic N) is 2. The van der Waals surface area contributed by atoms with Crippen LogP contribution in [-0.2, 0) is 4.74 Å². The number of furan rings is 1. The Bertz CT molecular complexity index is 1430. The normalized spacial score (nSPS) is 15.6. The Morgan fingerprint density at radius 3 is 2.94 bits per heavy atom. The minimum atomic E-state index is -0.140. The number of rotatable bonds is 8. The van der Waals surface area contributed by atoms with E-state index in [1.54, 1.807) is 32.4 Å². The van der Waals surface area contributed by atoms with Gasteiger partial charge in [0.2, 0.25) is 0 Å². The molecule has 1 aliphatic heterocycles. The molecular weight excluding hydrogens is 478 g/mol. The van der Waals surface area contributed by atoms with E-state index in [0.29, 0.717) is 52.0 Å². The molecule has 36 heavy (non-hydrogen) atoms. The second-order valence-corrected chi connectivity index (χ2v) is 9.99. The Morgan fingerprint density at radius 1 is 1.28 bits per heavy atom. The highest BCUT2D eigenvalue weighted by Gasteiger charge is 2.30. The molecule has 0 radical (unpaired) electrons. The molecule has 0 unspecified atom stereocenters. The molecule has 1 aliphatic rings. The van der Waals surface area contributed by atoms with Gasteiger partial charge in [0, 0.05) is 43.9 Å². The van der Waals surface area contributed by atoms with Crippen LogP contribution in [0.5, 0.6) is 11.5 Å². The van der Waals surface area contributed by atoms with Gasteiger partial charge in [-0.05, 0) is 44.4 Å². The van der Waals surface area contributed by atoms with E-state index in [9.17, 15) is 9.59 Å². The topological polar surface area (TPSA) is 93.9 Å². The van der Waals surface area contributed by atoms with Crippen molar-refractivity contribution in [2.45, 2.75) is 39.2 Å². The van der Waals surface area contributed by atoms with Gasteiger partial charge in [-0.15, -0.1) is 11.3 Å². The smallest absolute Gasteiger partial charge is 0.264 e. The van der Waals surface area contributed by atoms with Gasteiger partial charge in [-0.1, -0.05) is 6.92 Å². The zero-order valence-corrected chi connectivity index (χ0v) is 21.4. The average molecular weight is 508 g/mol. The van der Waals surface area contributed by atoms with Crippen LogP contribution in [0, 0.1) is 6.92 Å². The van der Waals surface area contributed by atoms with E-state index in [2.05, 4.69) is 10.3 Å². The summed E-state index contributed by atoms with van der Waals surface area (Å²) >= 11 is 1.38. The fourth-order valence-electron chi connectivity index (χ4n) is 4.71. The highest BCUT2D eigenvalue weighted by Crippen LogP contribution is 2.37. The summed E-state index contributed by atoms with van der Waals surface area (Å²) in [6.45, 7) is 5.69. The SMILES string of the molecule is CCCNC(=O)c1c(C)oc2cc(Oc3ccnc4cc(C(=O)N5CCC[C@H]5COC)sc34)ccc12. The standard InChI is InChI=1S/C27H29N3O5S/c1-4-10-29-26(31)24-16(2)34-22-13-18(7-8-19(22)24)35-21-9-11-28-20-14-23(36-25(20)21)27(32)30-12-5-6-17(30)15-33-3/h7-9,11,13-14,17H,4-6,10,12,15H2,1-3H3,(H,29,31)/t17-/m0/s1. The van der Waals surface area contributed by atoms with Crippen LogP contribution in [0.4, 0.5) is 0 Å². The number of carbonyl (C=O) groups excluding carboxylic acids is 2. The molecule has 0 saturated carbocycles. The predicted molar refractivity (Wildman–Crippen MR) is 139 cm³/mol. The quantitative estimate of drug-likeness (QED) is 0.337. The summed E-state index contributed by atoms with van der Waals surface area (Å²) in [5.74, 6) is 1.62. The number of nitrogens with one attached hydrogen (secondary N) is 1. The van der Waals surface area contributed by atoms with Crippen molar-refractivity contribution < 1.29 is 23.5 Å². The fraction of sp³-hybridized carbons (Fsp3) is 0.370. The van der Waals surface area contributed by atoms with E-state index in [1.165, 1.54) is 11.3 Å². The van der Waals surface area contributed by atoms with E-state index in [-0.39, 0.29) is 17.9 Å². The number of methoxy groups -OCH3 is 1. The number of likely N-dealkylation sites (tertiary alicyclic amines) is 1. The zero-order chi connectivity index (χ0) is 25.2. The van der Waals surface area contributed by atoms with Crippen molar-refractivity contribution in [3.05, 3.63) is 52.7 Å². The third-order valence-electron chi connectivity index (χ3n) is 6.41. The van der Waals surface area contributed by atoms with Gasteiger partial charge >= 0.3 is 0 Å². The summed E-state index contributed by atoms with van der Waals surface area (Å²) in [6, 6.07) is 9.17. The van der Waals surface area contributed by atoms with Crippen LogP contribution in [0.2, 0.25) is 0 Å². The van der Waals surface area contributed by atoms with Crippen molar-refractivity contribution in [2.24, 2.45) is 0 Å². The number of amides is 2. The molecule has 2 amide bonds. The van der Waals surface area contributed by atoms with Gasteiger partial charge in [-0.3, -0.25) is 14.6 Å². The van der Waals surface area contributed by atoms with Crippen LogP contribution >= 0.6 is 11.3 Å². The summed E-state index contributed by atoms with van der Waals surface area (Å²) in [7, 11) is 1.66. The lowest BCUT2D eigenvalue weighted by Gasteiger charge is -2.23. The largest absolute Gasteiger partial charge is 0.460 e. The molecular formula is C27H29N3O5S. The molecule has 0 spiro atoms. The van der Waals surface area contributed by atoms with E-state index >= 15 is 0 Å². The Kier molecular flexibility index (Phi) is 6.93. The minimum absolute atomic E-state index is 0.00450. The summed E-state index contributed by atoms with van der Waals surface area (Å²) < 4.78 is 18.2. The zero-order valence-electron chi connectivity index (χ0n) is 20.6. The molecule has 9 heteroatoms. The van der Waals surface area contributed by atoms with E-state index < -0.39 is 0 Å². The summed E-state index contributed by atoms with van der Waals surface area (Å²) in [5, 5.41) is 3.65. The first-order valence-electron chi connectivity index (χ1n) is 12.2.